The van der Waals surface area contributed by atoms with Gasteiger partial charge in [-0.05, 0) is 31.0 Å². The van der Waals surface area contributed by atoms with Crippen molar-refractivity contribution in [3.63, 3.8) is 0 Å². The highest BCUT2D eigenvalue weighted by atomic mass is 32.2. The molecule has 1 saturated carbocycles. The molecule has 1 amide bonds. The van der Waals surface area contributed by atoms with Crippen LogP contribution in [-0.4, -0.2) is 33.2 Å². The van der Waals surface area contributed by atoms with Gasteiger partial charge in [-0.15, -0.1) is 0 Å². The van der Waals surface area contributed by atoms with Crippen LogP contribution in [0.4, 0.5) is 18.9 Å². The molecular formula is C17H23F3N2O3S. The Bertz CT molecular complexity index is 727. The maximum atomic E-state index is 12.9. The standard InChI is InChI=1S/C17H23F3N2O3S/c1-26(24,25)22(15-10-6-7-13(11-15)17(18,19)20)12-16(23)21-14-8-4-2-3-5-9-14/h6-7,10-11,14H,2-5,8-9,12H2,1H3,(H,21,23). The van der Waals surface area contributed by atoms with Crippen molar-refractivity contribution in [2.45, 2.75) is 50.7 Å². The van der Waals surface area contributed by atoms with E-state index in [2.05, 4.69) is 5.32 Å². The summed E-state index contributed by atoms with van der Waals surface area (Å²) in [6.45, 7) is -0.545. The Morgan fingerprint density at radius 2 is 1.81 bits per heavy atom. The number of alkyl halides is 3. The summed E-state index contributed by atoms with van der Waals surface area (Å²) in [7, 11) is -3.92. The first-order valence-corrected chi connectivity index (χ1v) is 10.4. The summed E-state index contributed by atoms with van der Waals surface area (Å²) >= 11 is 0. The number of hydrogen-bond acceptors (Lipinski definition) is 3. The topological polar surface area (TPSA) is 66.5 Å². The zero-order chi connectivity index (χ0) is 19.4. The lowest BCUT2D eigenvalue weighted by molar-refractivity contribution is -0.137. The van der Waals surface area contributed by atoms with Gasteiger partial charge in [0, 0.05) is 6.04 Å². The molecule has 0 aromatic heterocycles. The third-order valence-corrected chi connectivity index (χ3v) is 5.51. The van der Waals surface area contributed by atoms with E-state index in [0.717, 1.165) is 63.0 Å². The third kappa shape index (κ3) is 5.89. The van der Waals surface area contributed by atoms with Crippen LogP contribution in [0.15, 0.2) is 24.3 Å². The molecule has 1 N–H and O–H groups in total. The summed E-state index contributed by atoms with van der Waals surface area (Å²) in [5, 5.41) is 2.81. The van der Waals surface area contributed by atoms with E-state index in [1.165, 1.54) is 6.07 Å². The average molecular weight is 392 g/mol. The quantitative estimate of drug-likeness (QED) is 0.782. The minimum atomic E-state index is -4.60. The fraction of sp³-hybridized carbons (Fsp3) is 0.588. The van der Waals surface area contributed by atoms with E-state index >= 15 is 0 Å². The Hall–Kier alpha value is -1.77. The van der Waals surface area contributed by atoms with Crippen molar-refractivity contribution in [1.29, 1.82) is 0 Å². The molecule has 1 aromatic carbocycles. The molecule has 1 fully saturated rings. The minimum absolute atomic E-state index is 0.0204. The number of carbonyl (C=O) groups is 1. The second-order valence-electron chi connectivity index (χ2n) is 6.57. The number of nitrogens with zero attached hydrogens (tertiary/aromatic N) is 1. The maximum Gasteiger partial charge on any atom is 0.416 e. The highest BCUT2D eigenvalue weighted by molar-refractivity contribution is 7.92. The molecule has 1 aliphatic carbocycles. The zero-order valence-electron chi connectivity index (χ0n) is 14.6. The van der Waals surface area contributed by atoms with E-state index < -0.39 is 34.2 Å². The van der Waals surface area contributed by atoms with Crippen LogP contribution in [0.1, 0.15) is 44.1 Å². The van der Waals surface area contributed by atoms with Crippen LogP contribution in [0.25, 0.3) is 0 Å². The monoisotopic (exact) mass is 392 g/mol. The Morgan fingerprint density at radius 3 is 2.35 bits per heavy atom. The van der Waals surface area contributed by atoms with Gasteiger partial charge < -0.3 is 5.32 Å². The van der Waals surface area contributed by atoms with Gasteiger partial charge in [-0.3, -0.25) is 9.10 Å². The Kier molecular flexibility index (Phi) is 6.54. The fourth-order valence-corrected chi connectivity index (χ4v) is 3.91. The largest absolute Gasteiger partial charge is 0.416 e. The lowest BCUT2D eigenvalue weighted by Gasteiger charge is -2.24. The van der Waals surface area contributed by atoms with E-state index in [1.807, 2.05) is 0 Å². The molecule has 2 rings (SSSR count). The second-order valence-corrected chi connectivity index (χ2v) is 8.48. The van der Waals surface area contributed by atoms with Crippen LogP contribution in [-0.2, 0) is 21.0 Å². The summed E-state index contributed by atoms with van der Waals surface area (Å²) in [5.41, 5.74) is -1.15. The van der Waals surface area contributed by atoms with Gasteiger partial charge in [-0.1, -0.05) is 31.7 Å². The summed E-state index contributed by atoms with van der Waals surface area (Å²) in [5.74, 6) is -0.514. The molecule has 5 nitrogen and oxygen atoms in total. The molecule has 0 radical (unpaired) electrons. The molecule has 146 valence electrons. The van der Waals surface area contributed by atoms with E-state index in [4.69, 9.17) is 0 Å². The summed E-state index contributed by atoms with van der Waals surface area (Å²) in [6.07, 6.45) is 2.12. The van der Waals surface area contributed by atoms with Crippen molar-refractivity contribution in [3.8, 4) is 0 Å². The molecule has 0 atom stereocenters. The molecule has 0 bridgehead atoms. The molecule has 0 spiro atoms. The fourth-order valence-electron chi connectivity index (χ4n) is 3.06. The highest BCUT2D eigenvalue weighted by Crippen LogP contribution is 2.32. The van der Waals surface area contributed by atoms with Crippen LogP contribution in [0.3, 0.4) is 0 Å². The van der Waals surface area contributed by atoms with Crippen molar-refractivity contribution in [3.05, 3.63) is 29.8 Å². The maximum absolute atomic E-state index is 12.9. The number of sulfonamides is 1. The summed E-state index contributed by atoms with van der Waals surface area (Å²) < 4.78 is 63.5. The first-order chi connectivity index (χ1) is 12.1. The molecule has 9 heteroatoms. The van der Waals surface area contributed by atoms with Gasteiger partial charge in [0.1, 0.15) is 6.54 Å². The second kappa shape index (κ2) is 8.28. The summed E-state index contributed by atoms with van der Waals surface area (Å²) in [4.78, 5) is 12.3. The highest BCUT2D eigenvalue weighted by Gasteiger charge is 2.32. The number of carbonyl (C=O) groups excluding carboxylic acids is 1. The van der Waals surface area contributed by atoms with Gasteiger partial charge in [-0.2, -0.15) is 13.2 Å². The van der Waals surface area contributed by atoms with E-state index in [9.17, 15) is 26.4 Å². The molecule has 0 unspecified atom stereocenters. The predicted molar refractivity (Wildman–Crippen MR) is 93.3 cm³/mol. The van der Waals surface area contributed by atoms with Crippen LogP contribution in [0.2, 0.25) is 0 Å². The first-order valence-electron chi connectivity index (χ1n) is 8.52. The van der Waals surface area contributed by atoms with Crippen molar-refractivity contribution in [2.75, 3.05) is 17.1 Å². The molecule has 0 saturated heterocycles. The number of halogens is 3. The van der Waals surface area contributed by atoms with Gasteiger partial charge in [0.2, 0.25) is 15.9 Å². The van der Waals surface area contributed by atoms with Crippen molar-refractivity contribution in [2.24, 2.45) is 0 Å². The van der Waals surface area contributed by atoms with Crippen molar-refractivity contribution >= 4 is 21.6 Å². The number of amides is 1. The van der Waals surface area contributed by atoms with E-state index in [0.29, 0.717) is 4.31 Å². The van der Waals surface area contributed by atoms with Gasteiger partial charge in [0.15, 0.2) is 0 Å². The Balaban J connectivity index is 2.17. The Morgan fingerprint density at radius 1 is 1.19 bits per heavy atom. The smallest absolute Gasteiger partial charge is 0.352 e. The van der Waals surface area contributed by atoms with Crippen LogP contribution >= 0.6 is 0 Å². The van der Waals surface area contributed by atoms with E-state index in [1.54, 1.807) is 0 Å². The normalized spacial score (nSPS) is 16.8. The zero-order valence-corrected chi connectivity index (χ0v) is 15.4. The number of anilines is 1. The molecule has 0 aliphatic heterocycles. The Labute approximate surface area is 151 Å². The minimum Gasteiger partial charge on any atom is -0.352 e. The predicted octanol–water partition coefficient (Wildman–Crippen LogP) is 3.31. The van der Waals surface area contributed by atoms with Crippen molar-refractivity contribution in [1.82, 2.24) is 5.32 Å². The lowest BCUT2D eigenvalue weighted by atomic mass is 10.1. The number of benzene rings is 1. The van der Waals surface area contributed by atoms with E-state index in [-0.39, 0.29) is 11.7 Å². The first kappa shape index (κ1) is 20.5. The van der Waals surface area contributed by atoms with Gasteiger partial charge in [0.25, 0.3) is 0 Å². The SMILES string of the molecule is CS(=O)(=O)N(CC(=O)NC1CCCCCC1)c1cccc(C(F)(F)F)c1. The van der Waals surface area contributed by atoms with Gasteiger partial charge in [-0.25, -0.2) is 8.42 Å². The van der Waals surface area contributed by atoms with Gasteiger partial charge >= 0.3 is 6.18 Å². The number of rotatable bonds is 5. The average Bonchev–Trinajstić information content (AvgIpc) is 2.79. The van der Waals surface area contributed by atoms with Crippen molar-refractivity contribution < 1.29 is 26.4 Å². The molecular weight excluding hydrogens is 369 g/mol. The molecule has 1 aliphatic rings. The molecule has 26 heavy (non-hydrogen) atoms. The summed E-state index contributed by atoms with van der Waals surface area (Å²) in [6, 6.07) is 3.94. The van der Waals surface area contributed by atoms with Gasteiger partial charge in [0.05, 0.1) is 17.5 Å². The number of nitrogens with one attached hydrogen (secondary N) is 1. The third-order valence-electron chi connectivity index (χ3n) is 4.37. The molecule has 0 heterocycles. The van der Waals surface area contributed by atoms with Crippen LogP contribution in [0.5, 0.6) is 0 Å². The lowest BCUT2D eigenvalue weighted by Crippen LogP contribution is -2.44. The van der Waals surface area contributed by atoms with Crippen LogP contribution in [0, 0.1) is 0 Å². The number of hydrogen-bond donors (Lipinski definition) is 1. The van der Waals surface area contributed by atoms with Crippen LogP contribution < -0.4 is 9.62 Å². The molecule has 1 aromatic rings.